The smallest absolute Gasteiger partial charge is 0.234 e. The number of nitrogens with one attached hydrogen (secondary N) is 1. The van der Waals surface area contributed by atoms with E-state index in [9.17, 15) is 4.79 Å². The Morgan fingerprint density at radius 3 is 2.50 bits per heavy atom. The monoisotopic (exact) mass is 397 g/mol. The van der Waals surface area contributed by atoms with Crippen molar-refractivity contribution in [2.75, 3.05) is 24.2 Å². The summed E-state index contributed by atoms with van der Waals surface area (Å²) in [6.07, 6.45) is 7.49. The summed E-state index contributed by atoms with van der Waals surface area (Å²) < 4.78 is 2.29. The first-order valence-corrected chi connectivity index (χ1v) is 11.4. The Kier molecular flexibility index (Phi) is 5.11. The summed E-state index contributed by atoms with van der Waals surface area (Å²) in [6, 6.07) is 8.80. The largest absolute Gasteiger partial charge is 0.325 e. The lowest BCUT2D eigenvalue weighted by Crippen LogP contribution is -2.18. The molecule has 3 fully saturated rings. The Balaban J connectivity index is 1.14. The summed E-state index contributed by atoms with van der Waals surface area (Å²) in [7, 11) is 0. The summed E-state index contributed by atoms with van der Waals surface area (Å²) in [6.45, 7) is 3.40. The van der Waals surface area contributed by atoms with Gasteiger partial charge in [-0.05, 0) is 69.3 Å². The third-order valence-corrected chi connectivity index (χ3v) is 6.66. The number of carbonyl (C=O) groups is 1. The predicted octanol–water partition coefficient (Wildman–Crippen LogP) is 3.82. The maximum absolute atomic E-state index is 12.4. The fraction of sp³-hybridized carbons (Fsp3) is 0.571. The van der Waals surface area contributed by atoms with Gasteiger partial charge in [-0.15, -0.1) is 10.2 Å². The van der Waals surface area contributed by atoms with Crippen LogP contribution in [0.15, 0.2) is 29.4 Å². The highest BCUT2D eigenvalue weighted by atomic mass is 32.2. The number of benzene rings is 1. The molecule has 1 amide bonds. The van der Waals surface area contributed by atoms with E-state index in [2.05, 4.69) is 37.1 Å². The van der Waals surface area contributed by atoms with Gasteiger partial charge in [0.25, 0.3) is 0 Å². The quantitative estimate of drug-likeness (QED) is 0.686. The zero-order valence-corrected chi connectivity index (χ0v) is 17.0. The number of carbonyl (C=O) groups excluding carboxylic acids is 1. The minimum Gasteiger partial charge on any atom is -0.325 e. The van der Waals surface area contributed by atoms with Gasteiger partial charge in [0, 0.05) is 24.2 Å². The molecule has 2 saturated carbocycles. The Hall–Kier alpha value is -1.86. The second-order valence-electron chi connectivity index (χ2n) is 8.23. The number of amides is 1. The van der Waals surface area contributed by atoms with Crippen LogP contribution in [0.25, 0.3) is 0 Å². The highest BCUT2D eigenvalue weighted by Crippen LogP contribution is 2.45. The third kappa shape index (κ3) is 4.25. The molecule has 3 aliphatic rings. The van der Waals surface area contributed by atoms with Crippen molar-refractivity contribution in [1.82, 2.24) is 19.7 Å². The van der Waals surface area contributed by atoms with Gasteiger partial charge in [0.2, 0.25) is 5.91 Å². The molecule has 0 unspecified atom stereocenters. The van der Waals surface area contributed by atoms with Crippen LogP contribution < -0.4 is 5.32 Å². The Bertz CT molecular complexity index is 835. The fourth-order valence-electron chi connectivity index (χ4n) is 3.90. The van der Waals surface area contributed by atoms with Gasteiger partial charge in [-0.1, -0.05) is 23.9 Å². The van der Waals surface area contributed by atoms with E-state index in [0.717, 1.165) is 23.2 Å². The predicted molar refractivity (Wildman–Crippen MR) is 111 cm³/mol. The van der Waals surface area contributed by atoms with Crippen LogP contribution in [0.3, 0.4) is 0 Å². The lowest BCUT2D eigenvalue weighted by atomic mass is 10.2. The topological polar surface area (TPSA) is 63.1 Å². The molecule has 0 radical (unpaired) electrons. The molecular weight excluding hydrogens is 370 g/mol. The molecule has 148 valence electrons. The average Bonchev–Trinajstić information content (AvgIpc) is 3.63. The number of rotatable bonds is 8. The zero-order chi connectivity index (χ0) is 18.9. The second-order valence-corrected chi connectivity index (χ2v) is 9.18. The number of anilines is 1. The molecule has 6 nitrogen and oxygen atoms in total. The molecule has 0 spiro atoms. The van der Waals surface area contributed by atoms with Crippen LogP contribution in [0.2, 0.25) is 0 Å². The Morgan fingerprint density at radius 2 is 1.82 bits per heavy atom. The van der Waals surface area contributed by atoms with Gasteiger partial charge in [-0.2, -0.15) is 0 Å². The van der Waals surface area contributed by atoms with Crippen LogP contribution in [-0.2, 0) is 11.3 Å². The van der Waals surface area contributed by atoms with Crippen molar-refractivity contribution >= 4 is 23.4 Å². The van der Waals surface area contributed by atoms with E-state index in [1.165, 1.54) is 68.9 Å². The number of likely N-dealkylation sites (tertiary alicyclic amines) is 1. The lowest BCUT2D eigenvalue weighted by molar-refractivity contribution is -0.113. The van der Waals surface area contributed by atoms with Crippen molar-refractivity contribution in [3.05, 3.63) is 35.7 Å². The number of nitrogens with zero attached hydrogens (tertiary/aromatic N) is 4. The molecule has 0 bridgehead atoms. The third-order valence-electron chi connectivity index (χ3n) is 5.72. The maximum Gasteiger partial charge on any atom is 0.234 e. The first-order valence-electron chi connectivity index (χ1n) is 10.4. The van der Waals surface area contributed by atoms with Crippen LogP contribution in [0, 0.1) is 0 Å². The van der Waals surface area contributed by atoms with E-state index in [4.69, 9.17) is 0 Å². The molecule has 1 saturated heterocycles. The molecule has 2 heterocycles. The summed E-state index contributed by atoms with van der Waals surface area (Å²) in [5, 5.41) is 12.7. The molecule has 1 aromatic heterocycles. The average molecular weight is 398 g/mol. The molecule has 0 atom stereocenters. The van der Waals surface area contributed by atoms with Crippen LogP contribution in [0.1, 0.15) is 61.9 Å². The molecule has 1 N–H and O–H groups in total. The van der Waals surface area contributed by atoms with E-state index in [-0.39, 0.29) is 5.91 Å². The summed E-state index contributed by atoms with van der Waals surface area (Å²) in [4.78, 5) is 14.9. The van der Waals surface area contributed by atoms with Crippen molar-refractivity contribution in [2.24, 2.45) is 0 Å². The van der Waals surface area contributed by atoms with Crippen molar-refractivity contribution in [3.63, 3.8) is 0 Å². The minimum absolute atomic E-state index is 0.00983. The molecule has 1 aliphatic heterocycles. The second kappa shape index (κ2) is 7.87. The Morgan fingerprint density at radius 1 is 1.07 bits per heavy atom. The highest BCUT2D eigenvalue weighted by Gasteiger charge is 2.36. The normalized spacial score (nSPS) is 19.9. The van der Waals surface area contributed by atoms with E-state index >= 15 is 0 Å². The molecular formula is C21H27N5OS. The van der Waals surface area contributed by atoms with Gasteiger partial charge in [-0.25, -0.2) is 0 Å². The highest BCUT2D eigenvalue weighted by molar-refractivity contribution is 7.99. The van der Waals surface area contributed by atoms with Crippen LogP contribution >= 0.6 is 11.8 Å². The molecule has 28 heavy (non-hydrogen) atoms. The SMILES string of the molecule is O=C(CSc1nnc(C2CC2)n1C1CC1)Nc1ccc(CN2CCCC2)cc1. The van der Waals surface area contributed by atoms with Gasteiger partial charge < -0.3 is 9.88 Å². The molecule has 2 aromatic rings. The molecule has 5 rings (SSSR count). The summed E-state index contributed by atoms with van der Waals surface area (Å²) in [5.41, 5.74) is 2.16. The van der Waals surface area contributed by atoms with Crippen molar-refractivity contribution < 1.29 is 4.79 Å². The first kappa shape index (κ1) is 18.2. The van der Waals surface area contributed by atoms with E-state index in [1.54, 1.807) is 0 Å². The zero-order valence-electron chi connectivity index (χ0n) is 16.1. The number of hydrogen-bond acceptors (Lipinski definition) is 5. The van der Waals surface area contributed by atoms with Gasteiger partial charge in [0.15, 0.2) is 5.16 Å². The fourth-order valence-corrected chi connectivity index (χ4v) is 4.71. The number of aromatic nitrogens is 3. The minimum atomic E-state index is 0.00983. The number of hydrogen-bond donors (Lipinski definition) is 1. The molecule has 2 aliphatic carbocycles. The number of thioether (sulfide) groups is 1. The van der Waals surface area contributed by atoms with Gasteiger partial charge >= 0.3 is 0 Å². The maximum atomic E-state index is 12.4. The van der Waals surface area contributed by atoms with Crippen LogP contribution in [0.5, 0.6) is 0 Å². The first-order chi connectivity index (χ1) is 13.8. The standard InChI is InChI=1S/C21H27N5OS/c27-19(22-17-7-3-15(4-8-17)13-25-11-1-2-12-25)14-28-21-24-23-20(16-5-6-16)26(21)18-9-10-18/h3-4,7-8,16,18H,1-2,5-6,9-14H2,(H,22,27). The van der Waals surface area contributed by atoms with Crippen LogP contribution in [-0.4, -0.2) is 44.4 Å². The van der Waals surface area contributed by atoms with E-state index in [0.29, 0.717) is 17.7 Å². The van der Waals surface area contributed by atoms with Gasteiger partial charge in [0.05, 0.1) is 5.75 Å². The Labute approximate surface area is 170 Å². The molecule has 1 aromatic carbocycles. The van der Waals surface area contributed by atoms with Crippen molar-refractivity contribution in [2.45, 2.75) is 62.2 Å². The summed E-state index contributed by atoms with van der Waals surface area (Å²) in [5.74, 6) is 2.11. The van der Waals surface area contributed by atoms with Gasteiger partial charge in [0.1, 0.15) is 5.82 Å². The van der Waals surface area contributed by atoms with Gasteiger partial charge in [-0.3, -0.25) is 9.69 Å². The lowest BCUT2D eigenvalue weighted by Gasteiger charge is -2.14. The van der Waals surface area contributed by atoms with E-state index < -0.39 is 0 Å². The summed E-state index contributed by atoms with van der Waals surface area (Å²) >= 11 is 1.50. The van der Waals surface area contributed by atoms with Crippen LogP contribution in [0.4, 0.5) is 5.69 Å². The molecule has 7 heteroatoms. The van der Waals surface area contributed by atoms with Crippen molar-refractivity contribution in [1.29, 1.82) is 0 Å². The van der Waals surface area contributed by atoms with E-state index in [1.807, 2.05) is 12.1 Å². The van der Waals surface area contributed by atoms with Crippen molar-refractivity contribution in [3.8, 4) is 0 Å².